The second-order valence-corrected chi connectivity index (χ2v) is 12.2. The van der Waals surface area contributed by atoms with Crippen LogP contribution in [-0.4, -0.2) is 46.9 Å². The molecule has 0 spiro atoms. The van der Waals surface area contributed by atoms with E-state index in [0.717, 1.165) is 18.4 Å². The lowest BCUT2D eigenvalue weighted by Gasteiger charge is -2.29. The molecule has 1 saturated heterocycles. The average molecular weight is 605 g/mol. The maximum atomic E-state index is 13.6. The predicted octanol–water partition coefficient (Wildman–Crippen LogP) is 6.27. The van der Waals surface area contributed by atoms with Crippen molar-refractivity contribution in [3.63, 3.8) is 0 Å². The number of thiophene rings is 1. The Morgan fingerprint density at radius 1 is 1.11 bits per heavy atom. The second kappa shape index (κ2) is 11.1. The molecule has 1 saturated carbocycles. The Kier molecular flexibility index (Phi) is 6.98. The van der Waals surface area contributed by atoms with Crippen LogP contribution in [0, 0.1) is 24.2 Å². The van der Waals surface area contributed by atoms with Gasteiger partial charge in [0, 0.05) is 25.3 Å². The van der Waals surface area contributed by atoms with Crippen molar-refractivity contribution >= 4 is 56.5 Å². The van der Waals surface area contributed by atoms with E-state index in [1.165, 1.54) is 11.3 Å². The van der Waals surface area contributed by atoms with Crippen molar-refractivity contribution in [3.05, 3.63) is 82.9 Å². The van der Waals surface area contributed by atoms with Crippen molar-refractivity contribution in [2.75, 3.05) is 23.3 Å². The number of allylic oxidation sites excluding steroid dienone is 1. The Morgan fingerprint density at radius 2 is 1.93 bits per heavy atom. The Bertz CT molecular complexity index is 1890. The molecule has 4 aromatic rings. The molecule has 1 atom stereocenters. The van der Waals surface area contributed by atoms with Crippen LogP contribution in [0.3, 0.4) is 0 Å². The van der Waals surface area contributed by atoms with Crippen LogP contribution in [0.5, 0.6) is 11.5 Å². The van der Waals surface area contributed by atoms with Crippen molar-refractivity contribution in [1.82, 2.24) is 15.2 Å². The number of carbonyl (C=O) groups excluding carboxylic acids is 3. The fourth-order valence-corrected chi connectivity index (χ4v) is 6.71. The van der Waals surface area contributed by atoms with Gasteiger partial charge in [-0.3, -0.25) is 14.5 Å². The highest BCUT2D eigenvalue weighted by Crippen LogP contribution is 2.46. The van der Waals surface area contributed by atoms with Gasteiger partial charge in [-0.15, -0.1) is 11.3 Å². The minimum absolute atomic E-state index is 0.174. The summed E-state index contributed by atoms with van der Waals surface area (Å²) < 4.78 is 5.97. The molecule has 3 aliphatic rings. The number of carbonyl (C=O) groups is 3. The third-order valence-electron chi connectivity index (χ3n) is 8.03. The molecule has 0 unspecified atom stereocenters. The van der Waals surface area contributed by atoms with Crippen LogP contribution in [0.2, 0.25) is 0 Å². The normalized spacial score (nSPS) is 17.8. The molecule has 0 radical (unpaired) electrons. The van der Waals surface area contributed by atoms with Crippen LogP contribution in [0.25, 0.3) is 10.2 Å². The van der Waals surface area contributed by atoms with Crippen molar-refractivity contribution in [2.24, 2.45) is 5.92 Å². The lowest BCUT2D eigenvalue weighted by Crippen LogP contribution is -2.39. The summed E-state index contributed by atoms with van der Waals surface area (Å²) in [5, 5.41) is 16.1. The van der Waals surface area contributed by atoms with Crippen LogP contribution < -0.4 is 20.3 Å². The number of amides is 4. The first-order valence-electron chi connectivity index (χ1n) is 14.5. The molecule has 10 nitrogen and oxygen atoms in total. The fraction of sp³-hybridized carbons (Fsp3) is 0.242. The molecule has 4 amide bonds. The van der Waals surface area contributed by atoms with E-state index in [9.17, 15) is 19.6 Å². The molecule has 2 aromatic heterocycles. The Labute approximate surface area is 257 Å². The summed E-state index contributed by atoms with van der Waals surface area (Å²) in [6.07, 6.45) is 5.99. The number of nitriles is 1. The molecule has 2 aromatic carbocycles. The zero-order chi connectivity index (χ0) is 30.4. The number of aryl methyl sites for hydroxylation is 1. The molecule has 1 aliphatic carbocycles. The summed E-state index contributed by atoms with van der Waals surface area (Å²) >= 11 is 1.21. The van der Waals surface area contributed by atoms with Gasteiger partial charge in [0.25, 0.3) is 11.8 Å². The Balaban J connectivity index is 1.12. The number of para-hydroxylation sites is 1. The number of ether oxygens (including phenoxy) is 1. The molecule has 7 rings (SSSR count). The maximum Gasteiger partial charge on any atom is 0.331 e. The van der Waals surface area contributed by atoms with Gasteiger partial charge in [-0.2, -0.15) is 5.26 Å². The maximum absolute atomic E-state index is 13.6. The van der Waals surface area contributed by atoms with Gasteiger partial charge in [-0.1, -0.05) is 24.3 Å². The fourth-order valence-electron chi connectivity index (χ4n) is 5.69. The van der Waals surface area contributed by atoms with Crippen LogP contribution >= 0.6 is 11.3 Å². The second-order valence-electron chi connectivity index (χ2n) is 11.2. The van der Waals surface area contributed by atoms with E-state index in [4.69, 9.17) is 4.74 Å². The smallest absolute Gasteiger partial charge is 0.331 e. The number of aromatic nitrogens is 1. The minimum atomic E-state index is -0.388. The van der Waals surface area contributed by atoms with Gasteiger partial charge in [0.05, 0.1) is 22.4 Å². The number of pyridine rings is 1. The van der Waals surface area contributed by atoms with Gasteiger partial charge >= 0.3 is 6.03 Å². The van der Waals surface area contributed by atoms with Crippen LogP contribution in [-0.2, 0) is 4.79 Å². The summed E-state index contributed by atoms with van der Waals surface area (Å²) in [6.45, 7) is 2.69. The number of hydrogen-bond acceptors (Lipinski definition) is 7. The molecule has 11 heteroatoms. The molecular formula is C33H28N6O4S. The number of hydrogen-bond donors (Lipinski definition) is 2. The quantitative estimate of drug-likeness (QED) is 0.189. The van der Waals surface area contributed by atoms with Crippen LogP contribution in [0.15, 0.2) is 72.4 Å². The van der Waals surface area contributed by atoms with E-state index < -0.39 is 0 Å². The number of anilines is 3. The standard InChI is InChI=1S/C33H28N6O4S/c1-19-15-24(43-23-5-3-2-4-6-23)9-10-25(19)39-26-11-13-35-31-27(26)28(37-33(39)42)29(44-31)30(40)36-22-12-14-38(18-22)32(41)21(17-34)16-20-7-8-20/h2-6,9-11,13,15-16,20,22H,7-8,12,14,18H2,1H3,(H,36,40)(H,37,42)/b21-16+/t22-/m0/s1. The van der Waals surface area contributed by atoms with Crippen molar-refractivity contribution in [1.29, 1.82) is 5.26 Å². The number of urea groups is 1. The van der Waals surface area contributed by atoms with Crippen molar-refractivity contribution in [2.45, 2.75) is 32.2 Å². The zero-order valence-electron chi connectivity index (χ0n) is 23.9. The SMILES string of the molecule is Cc1cc(Oc2ccccc2)ccc1N1C(=O)Nc2c(C(=O)N[C@H]3CCN(C(=O)/C(C#N)=C/C4CC4)C3)sc3nccc1c23. The van der Waals surface area contributed by atoms with E-state index in [-0.39, 0.29) is 29.5 Å². The number of nitrogens with one attached hydrogen (secondary N) is 2. The number of likely N-dealkylation sites (tertiary alicyclic amines) is 1. The average Bonchev–Trinajstić information content (AvgIpc) is 3.60. The lowest BCUT2D eigenvalue weighted by molar-refractivity contribution is -0.125. The first-order valence-corrected chi connectivity index (χ1v) is 15.3. The lowest BCUT2D eigenvalue weighted by atomic mass is 10.1. The van der Waals surface area contributed by atoms with Crippen LogP contribution in [0.1, 0.15) is 34.5 Å². The highest BCUT2D eigenvalue weighted by atomic mass is 32.1. The Morgan fingerprint density at radius 3 is 2.68 bits per heavy atom. The molecule has 220 valence electrons. The van der Waals surface area contributed by atoms with Gasteiger partial charge in [0.1, 0.15) is 32.8 Å². The highest BCUT2D eigenvalue weighted by Gasteiger charge is 2.35. The first kappa shape index (κ1) is 27.6. The molecule has 4 heterocycles. The van der Waals surface area contributed by atoms with E-state index in [2.05, 4.69) is 15.6 Å². The number of rotatable bonds is 7. The third kappa shape index (κ3) is 5.14. The molecule has 44 heavy (non-hydrogen) atoms. The van der Waals surface area contributed by atoms with Crippen molar-refractivity contribution in [3.8, 4) is 17.6 Å². The van der Waals surface area contributed by atoms with E-state index in [1.807, 2.05) is 61.5 Å². The molecular weight excluding hydrogens is 576 g/mol. The third-order valence-corrected chi connectivity index (χ3v) is 9.12. The van der Waals surface area contributed by atoms with Gasteiger partial charge < -0.3 is 20.3 Å². The summed E-state index contributed by atoms with van der Waals surface area (Å²) in [6, 6.07) is 18.2. The predicted molar refractivity (Wildman–Crippen MR) is 167 cm³/mol. The summed E-state index contributed by atoms with van der Waals surface area (Å²) in [4.78, 5) is 48.7. The minimum Gasteiger partial charge on any atom is -0.457 e. The van der Waals surface area contributed by atoms with E-state index in [0.29, 0.717) is 69.1 Å². The highest BCUT2D eigenvalue weighted by molar-refractivity contribution is 7.21. The van der Waals surface area contributed by atoms with Crippen LogP contribution in [0.4, 0.5) is 21.9 Å². The topological polar surface area (TPSA) is 128 Å². The molecule has 2 N–H and O–H groups in total. The monoisotopic (exact) mass is 604 g/mol. The first-order chi connectivity index (χ1) is 21.4. The van der Waals surface area contributed by atoms with Crippen molar-refractivity contribution < 1.29 is 19.1 Å². The van der Waals surface area contributed by atoms with Gasteiger partial charge in [-0.05, 0) is 74.1 Å². The summed E-state index contributed by atoms with van der Waals surface area (Å²) in [5.74, 6) is 1.06. The van der Waals surface area contributed by atoms with Gasteiger partial charge in [0.2, 0.25) is 0 Å². The number of nitrogens with zero attached hydrogens (tertiary/aromatic N) is 4. The van der Waals surface area contributed by atoms with E-state index in [1.54, 1.807) is 28.1 Å². The largest absolute Gasteiger partial charge is 0.457 e. The number of benzene rings is 2. The summed E-state index contributed by atoms with van der Waals surface area (Å²) in [5.41, 5.74) is 2.75. The zero-order valence-corrected chi connectivity index (χ0v) is 24.7. The summed E-state index contributed by atoms with van der Waals surface area (Å²) in [7, 11) is 0. The van der Waals surface area contributed by atoms with Gasteiger partial charge in [-0.25, -0.2) is 9.78 Å². The van der Waals surface area contributed by atoms with E-state index >= 15 is 0 Å². The molecule has 2 fully saturated rings. The Hall–Kier alpha value is -5.21. The van der Waals surface area contributed by atoms with Gasteiger partial charge in [0.15, 0.2) is 0 Å². The molecule has 2 aliphatic heterocycles. The molecule has 0 bridgehead atoms.